The van der Waals surface area contributed by atoms with Crippen LogP contribution in [0.25, 0.3) is 0 Å². The topological polar surface area (TPSA) is 82.1 Å². The van der Waals surface area contributed by atoms with Crippen molar-refractivity contribution in [3.8, 4) is 0 Å². The largest absolute Gasteiger partial charge is 0.465 e. The third-order valence-corrected chi connectivity index (χ3v) is 4.25. The molecule has 0 saturated carbocycles. The quantitative estimate of drug-likeness (QED) is 0.105. The van der Waals surface area contributed by atoms with Crippen LogP contribution in [0.5, 0.6) is 0 Å². The first-order valence-electron chi connectivity index (χ1n) is 8.36. The summed E-state index contributed by atoms with van der Waals surface area (Å²) in [5.74, 6) is -2.48. The van der Waals surface area contributed by atoms with E-state index in [1.807, 2.05) is 0 Å². The highest BCUT2D eigenvalue weighted by molar-refractivity contribution is 8.00. The van der Waals surface area contributed by atoms with Gasteiger partial charge in [-0.15, -0.1) is 0 Å². The maximum atomic E-state index is 13.5. The summed E-state index contributed by atoms with van der Waals surface area (Å²) in [5.41, 5.74) is 0.0504. The zero-order valence-corrected chi connectivity index (χ0v) is 17.3. The number of rotatable bonds is 10. The third-order valence-electron chi connectivity index (χ3n) is 3.01. The molecule has 28 heavy (non-hydrogen) atoms. The lowest BCUT2D eigenvalue weighted by molar-refractivity contribution is -0.146. The highest BCUT2D eigenvalue weighted by Crippen LogP contribution is 2.28. The van der Waals surface area contributed by atoms with E-state index in [1.54, 1.807) is 13.8 Å². The van der Waals surface area contributed by atoms with E-state index in [0.717, 1.165) is 18.0 Å². The Balaban J connectivity index is 3.21. The van der Waals surface area contributed by atoms with E-state index >= 15 is 0 Å². The Bertz CT molecular complexity index is 723. The maximum absolute atomic E-state index is 13.5. The molecule has 0 aliphatic rings. The van der Waals surface area contributed by atoms with E-state index in [9.17, 15) is 18.8 Å². The number of nitrogens with zero attached hydrogens (tertiary/aromatic N) is 1. The smallest absolute Gasteiger partial charge is 0.347 e. The van der Waals surface area contributed by atoms with Crippen molar-refractivity contribution in [2.24, 2.45) is 0 Å². The Labute approximate surface area is 171 Å². The van der Waals surface area contributed by atoms with E-state index in [1.165, 1.54) is 29.6 Å². The van der Waals surface area contributed by atoms with Crippen molar-refractivity contribution in [3.63, 3.8) is 0 Å². The molecule has 0 aliphatic carbocycles. The number of benzene rings is 1. The molecule has 1 aromatic rings. The highest BCUT2D eigenvalue weighted by atomic mass is 35.5. The maximum Gasteiger partial charge on any atom is 0.347 e. The molecule has 0 bridgehead atoms. The second-order valence-corrected chi connectivity index (χ2v) is 6.55. The number of anilines is 1. The van der Waals surface area contributed by atoms with Gasteiger partial charge in [0.25, 0.3) is 0 Å². The molecule has 10 heteroatoms. The first-order valence-corrected chi connectivity index (χ1v) is 9.68. The minimum Gasteiger partial charge on any atom is -0.465 e. The molecule has 1 aromatic carbocycles. The lowest BCUT2D eigenvalue weighted by Gasteiger charge is -2.20. The number of hydrogen-bond donors (Lipinski definition) is 0. The van der Waals surface area contributed by atoms with Gasteiger partial charge in [0.2, 0.25) is 0 Å². The average molecular weight is 434 g/mol. The summed E-state index contributed by atoms with van der Waals surface area (Å²) in [5, 5.41) is -0.134. The monoisotopic (exact) mass is 433 g/mol. The van der Waals surface area contributed by atoms with Crippen molar-refractivity contribution in [1.29, 1.82) is 0 Å². The number of carbonyl (C=O) groups excluding carboxylic acids is 3. The molecule has 0 aliphatic heterocycles. The highest BCUT2D eigenvalue weighted by Gasteiger charge is 2.23. The first kappa shape index (κ1) is 23.8. The van der Waals surface area contributed by atoms with Gasteiger partial charge in [-0.1, -0.05) is 11.6 Å². The molecular weight excluding hydrogens is 413 g/mol. The molecule has 0 saturated heterocycles. The zero-order chi connectivity index (χ0) is 21.1. The van der Waals surface area contributed by atoms with Crippen molar-refractivity contribution in [2.75, 3.05) is 29.9 Å². The minimum absolute atomic E-state index is 0.0670. The SMILES string of the molecule is CCOC(=O)C(=CN(SCCOC(C)=O)c1ccc(F)c(Cl)c1)C(=O)OCC. The van der Waals surface area contributed by atoms with E-state index in [0.29, 0.717) is 11.4 Å². The van der Waals surface area contributed by atoms with Crippen LogP contribution in [-0.2, 0) is 28.6 Å². The average Bonchev–Trinajstić information content (AvgIpc) is 2.63. The molecular formula is C18H21ClFNO6S. The van der Waals surface area contributed by atoms with Gasteiger partial charge in [0.15, 0.2) is 5.57 Å². The van der Waals surface area contributed by atoms with Crippen LogP contribution >= 0.6 is 23.5 Å². The molecule has 7 nitrogen and oxygen atoms in total. The van der Waals surface area contributed by atoms with Crippen molar-refractivity contribution in [1.82, 2.24) is 0 Å². The summed E-state index contributed by atoms with van der Waals surface area (Å²) in [4.78, 5) is 35.3. The van der Waals surface area contributed by atoms with Crippen LogP contribution in [-0.4, -0.2) is 43.5 Å². The molecule has 0 radical (unpaired) electrons. The summed E-state index contributed by atoms with van der Waals surface area (Å²) in [6.07, 6.45) is 1.22. The fourth-order valence-corrected chi connectivity index (χ4v) is 2.83. The van der Waals surface area contributed by atoms with Gasteiger partial charge in [0.05, 0.1) is 23.9 Å². The second kappa shape index (κ2) is 12.2. The standard InChI is InChI=1S/C18H21ClFNO6S/c1-4-25-17(23)14(18(24)26-5-2)11-21(28-9-8-27-12(3)22)13-6-7-16(20)15(19)10-13/h6-7,10-11H,4-5,8-9H2,1-3H3. The van der Waals surface area contributed by atoms with Crippen LogP contribution < -0.4 is 4.31 Å². The van der Waals surface area contributed by atoms with Crippen molar-refractivity contribution >= 4 is 47.1 Å². The first-order chi connectivity index (χ1) is 13.3. The van der Waals surface area contributed by atoms with Crippen molar-refractivity contribution < 1.29 is 33.0 Å². The molecule has 0 atom stereocenters. The van der Waals surface area contributed by atoms with Crippen LogP contribution in [0.4, 0.5) is 10.1 Å². The number of ether oxygens (including phenoxy) is 3. The molecule has 0 N–H and O–H groups in total. The third kappa shape index (κ3) is 7.77. The molecule has 0 amide bonds. The van der Waals surface area contributed by atoms with Gasteiger partial charge in [-0.3, -0.25) is 9.10 Å². The predicted molar refractivity (Wildman–Crippen MR) is 104 cm³/mol. The Kier molecular flexibility index (Phi) is 10.4. The number of halogens is 2. The lowest BCUT2D eigenvalue weighted by atomic mass is 10.2. The Hall–Kier alpha value is -2.26. The predicted octanol–water partition coefficient (Wildman–Crippen LogP) is 3.51. The Morgan fingerprint density at radius 3 is 2.25 bits per heavy atom. The van der Waals surface area contributed by atoms with E-state index in [-0.39, 0.29) is 30.4 Å². The van der Waals surface area contributed by atoms with Crippen molar-refractivity contribution in [2.45, 2.75) is 20.8 Å². The molecule has 0 heterocycles. The molecule has 0 aromatic heterocycles. The van der Waals surface area contributed by atoms with Gasteiger partial charge >= 0.3 is 17.9 Å². The summed E-state index contributed by atoms with van der Waals surface area (Å²) in [6, 6.07) is 3.91. The molecule has 154 valence electrons. The normalized spacial score (nSPS) is 10.0. The van der Waals surface area contributed by atoms with Gasteiger partial charge in [-0.25, -0.2) is 14.0 Å². The van der Waals surface area contributed by atoms with Gasteiger partial charge in [-0.2, -0.15) is 0 Å². The van der Waals surface area contributed by atoms with Gasteiger partial charge in [-0.05, 0) is 44.0 Å². The summed E-state index contributed by atoms with van der Waals surface area (Å²) >= 11 is 6.95. The van der Waals surface area contributed by atoms with Gasteiger partial charge < -0.3 is 14.2 Å². The number of carbonyl (C=O) groups is 3. The van der Waals surface area contributed by atoms with Crippen LogP contribution in [0, 0.1) is 5.82 Å². The Morgan fingerprint density at radius 2 is 1.75 bits per heavy atom. The molecule has 0 fully saturated rings. The van der Waals surface area contributed by atoms with E-state index in [4.69, 9.17) is 25.8 Å². The number of hydrogen-bond acceptors (Lipinski definition) is 8. The minimum atomic E-state index is -0.861. The molecule has 1 rings (SSSR count). The Morgan fingerprint density at radius 1 is 1.14 bits per heavy atom. The summed E-state index contributed by atoms with van der Waals surface area (Å²) < 4.78 is 29.6. The number of esters is 3. The van der Waals surface area contributed by atoms with Gasteiger partial charge in [0, 0.05) is 18.9 Å². The van der Waals surface area contributed by atoms with Crippen LogP contribution in [0.2, 0.25) is 5.02 Å². The van der Waals surface area contributed by atoms with Gasteiger partial charge in [0.1, 0.15) is 12.4 Å². The fraction of sp³-hybridized carbons (Fsp3) is 0.389. The van der Waals surface area contributed by atoms with Crippen molar-refractivity contribution in [3.05, 3.63) is 40.8 Å². The lowest BCUT2D eigenvalue weighted by Crippen LogP contribution is -2.22. The van der Waals surface area contributed by atoms with E-state index in [2.05, 4.69) is 0 Å². The van der Waals surface area contributed by atoms with Crippen LogP contribution in [0.3, 0.4) is 0 Å². The van der Waals surface area contributed by atoms with Crippen LogP contribution in [0.15, 0.2) is 30.0 Å². The zero-order valence-electron chi connectivity index (χ0n) is 15.7. The van der Waals surface area contributed by atoms with E-state index < -0.39 is 23.7 Å². The molecule has 0 spiro atoms. The summed E-state index contributed by atoms with van der Waals surface area (Å²) in [7, 11) is 0. The summed E-state index contributed by atoms with van der Waals surface area (Å²) in [6.45, 7) is 4.71. The second-order valence-electron chi connectivity index (χ2n) is 5.08. The van der Waals surface area contributed by atoms with Crippen LogP contribution in [0.1, 0.15) is 20.8 Å². The fourth-order valence-electron chi connectivity index (χ4n) is 1.85. The molecule has 0 unspecified atom stereocenters.